The molecule has 0 fully saturated rings. The molecule has 0 aliphatic heterocycles. The minimum absolute atomic E-state index is 0.0650. The van der Waals surface area contributed by atoms with Crippen molar-refractivity contribution >= 4 is 34.8 Å². The van der Waals surface area contributed by atoms with Crippen molar-refractivity contribution < 1.29 is 9.90 Å². The molecule has 2 aromatic rings. The molecule has 0 aliphatic carbocycles. The molecule has 4 nitrogen and oxygen atoms in total. The summed E-state index contributed by atoms with van der Waals surface area (Å²) in [4.78, 5) is 11.9. The predicted molar refractivity (Wildman–Crippen MR) is 84.2 cm³/mol. The lowest BCUT2D eigenvalue weighted by molar-refractivity contribution is 0.0952. The van der Waals surface area contributed by atoms with Gasteiger partial charge in [-0.05, 0) is 42.8 Å². The molecule has 2 N–H and O–H groups in total. The fraction of sp³-hybridized carbons (Fsp3) is 0.0667. The van der Waals surface area contributed by atoms with Gasteiger partial charge < -0.3 is 5.11 Å². The molecule has 0 saturated heterocycles. The number of amides is 1. The zero-order valence-electron chi connectivity index (χ0n) is 11.1. The molecule has 2 aromatic carbocycles. The Balaban J connectivity index is 2.14. The van der Waals surface area contributed by atoms with Gasteiger partial charge in [-0.15, -0.1) is 0 Å². The molecule has 0 unspecified atom stereocenters. The Hall–Kier alpha value is -2.04. The second-order valence-electron chi connectivity index (χ2n) is 4.31. The number of hydrazone groups is 1. The van der Waals surface area contributed by atoms with Crippen LogP contribution in [0.3, 0.4) is 0 Å². The Morgan fingerprint density at radius 1 is 1.10 bits per heavy atom. The molecule has 6 heteroatoms. The monoisotopic (exact) mass is 322 g/mol. The molecule has 2 rings (SSSR count). The summed E-state index contributed by atoms with van der Waals surface area (Å²) in [6.45, 7) is 1.75. The van der Waals surface area contributed by atoms with Crippen LogP contribution in [0.1, 0.15) is 22.8 Å². The van der Waals surface area contributed by atoms with Crippen molar-refractivity contribution in [1.82, 2.24) is 5.43 Å². The topological polar surface area (TPSA) is 61.7 Å². The summed E-state index contributed by atoms with van der Waals surface area (Å²) in [5.41, 5.74) is 3.88. The van der Waals surface area contributed by atoms with E-state index in [4.69, 9.17) is 23.2 Å². The maximum Gasteiger partial charge on any atom is 0.275 e. The van der Waals surface area contributed by atoms with Crippen molar-refractivity contribution in [2.45, 2.75) is 6.92 Å². The van der Waals surface area contributed by atoms with Gasteiger partial charge in [-0.25, -0.2) is 5.43 Å². The van der Waals surface area contributed by atoms with Crippen LogP contribution >= 0.6 is 23.2 Å². The zero-order chi connectivity index (χ0) is 15.4. The van der Waals surface area contributed by atoms with Gasteiger partial charge in [0.15, 0.2) is 0 Å². The highest BCUT2D eigenvalue weighted by atomic mass is 35.5. The maximum absolute atomic E-state index is 11.9. The van der Waals surface area contributed by atoms with E-state index in [9.17, 15) is 9.90 Å². The van der Waals surface area contributed by atoms with Gasteiger partial charge in [-0.3, -0.25) is 4.79 Å². The van der Waals surface area contributed by atoms with Crippen molar-refractivity contribution in [3.8, 4) is 5.75 Å². The van der Waals surface area contributed by atoms with E-state index < -0.39 is 5.91 Å². The highest BCUT2D eigenvalue weighted by molar-refractivity contribution is 6.31. The van der Waals surface area contributed by atoms with Gasteiger partial charge in [0, 0.05) is 10.0 Å². The number of halogens is 2. The third kappa shape index (κ3) is 3.97. The number of nitrogens with zero attached hydrogens (tertiary/aromatic N) is 1. The quantitative estimate of drug-likeness (QED) is 0.666. The van der Waals surface area contributed by atoms with Crippen LogP contribution < -0.4 is 5.43 Å². The number of aromatic hydroxyl groups is 1. The number of phenols is 1. The van der Waals surface area contributed by atoms with Crippen LogP contribution in [0.2, 0.25) is 10.0 Å². The smallest absolute Gasteiger partial charge is 0.275 e. The van der Waals surface area contributed by atoms with E-state index in [0.717, 1.165) is 5.56 Å². The molecule has 0 heterocycles. The Morgan fingerprint density at radius 3 is 2.38 bits per heavy atom. The molecule has 0 bridgehead atoms. The Morgan fingerprint density at radius 2 is 1.71 bits per heavy atom. The van der Waals surface area contributed by atoms with E-state index in [2.05, 4.69) is 10.5 Å². The zero-order valence-corrected chi connectivity index (χ0v) is 12.6. The van der Waals surface area contributed by atoms with E-state index in [0.29, 0.717) is 15.8 Å². The Kier molecular flexibility index (Phi) is 4.83. The molecule has 0 radical (unpaired) electrons. The SMILES string of the molecule is CC(=NNC(=O)c1cc(Cl)ccc1O)c1ccc(Cl)cc1. The van der Waals surface area contributed by atoms with Crippen LogP contribution in [0.4, 0.5) is 0 Å². The first-order valence-electron chi connectivity index (χ1n) is 6.06. The average molecular weight is 323 g/mol. The molecule has 0 atom stereocenters. The lowest BCUT2D eigenvalue weighted by atomic mass is 10.1. The second kappa shape index (κ2) is 6.61. The van der Waals surface area contributed by atoms with Crippen molar-refractivity contribution in [3.05, 3.63) is 63.6 Å². The summed E-state index contributed by atoms with van der Waals surface area (Å²) < 4.78 is 0. The number of rotatable bonds is 3. The summed E-state index contributed by atoms with van der Waals surface area (Å²) in [6, 6.07) is 11.3. The molecule has 0 spiro atoms. The van der Waals surface area contributed by atoms with Crippen LogP contribution in [0, 0.1) is 0 Å². The molecule has 1 amide bonds. The number of hydrogen-bond donors (Lipinski definition) is 2. The van der Waals surface area contributed by atoms with Crippen molar-refractivity contribution in [2.24, 2.45) is 5.10 Å². The molecule has 0 aliphatic rings. The largest absolute Gasteiger partial charge is 0.507 e. The minimum Gasteiger partial charge on any atom is -0.507 e. The summed E-state index contributed by atoms with van der Waals surface area (Å²) >= 11 is 11.6. The van der Waals surface area contributed by atoms with Gasteiger partial charge in [0.1, 0.15) is 5.75 Å². The summed E-state index contributed by atoms with van der Waals surface area (Å²) in [5, 5.41) is 14.6. The van der Waals surface area contributed by atoms with E-state index >= 15 is 0 Å². The van der Waals surface area contributed by atoms with Crippen molar-refractivity contribution in [1.29, 1.82) is 0 Å². The third-order valence-corrected chi connectivity index (χ3v) is 3.28. The van der Waals surface area contributed by atoms with Crippen LogP contribution in [0.25, 0.3) is 0 Å². The molecule has 21 heavy (non-hydrogen) atoms. The van der Waals surface area contributed by atoms with Gasteiger partial charge in [0.2, 0.25) is 0 Å². The number of phenolic OH excluding ortho intramolecular Hbond substituents is 1. The van der Waals surface area contributed by atoms with Gasteiger partial charge in [0.25, 0.3) is 5.91 Å². The molecular formula is C15H12Cl2N2O2. The summed E-state index contributed by atoms with van der Waals surface area (Å²) in [6.07, 6.45) is 0. The fourth-order valence-corrected chi connectivity index (χ4v) is 1.94. The number of nitrogens with one attached hydrogen (secondary N) is 1. The third-order valence-electron chi connectivity index (χ3n) is 2.79. The van der Waals surface area contributed by atoms with E-state index in [1.165, 1.54) is 18.2 Å². The van der Waals surface area contributed by atoms with Crippen molar-refractivity contribution in [3.63, 3.8) is 0 Å². The van der Waals surface area contributed by atoms with E-state index in [1.807, 2.05) is 0 Å². The number of hydrogen-bond acceptors (Lipinski definition) is 3. The number of benzene rings is 2. The van der Waals surface area contributed by atoms with Gasteiger partial charge in [-0.1, -0.05) is 35.3 Å². The Labute approximate surface area is 132 Å². The number of carbonyl (C=O) groups is 1. The Bertz CT molecular complexity index is 697. The van der Waals surface area contributed by atoms with Crippen LogP contribution in [0.15, 0.2) is 47.6 Å². The van der Waals surface area contributed by atoms with Crippen molar-refractivity contribution in [2.75, 3.05) is 0 Å². The highest BCUT2D eigenvalue weighted by Gasteiger charge is 2.11. The van der Waals surface area contributed by atoms with Gasteiger partial charge >= 0.3 is 0 Å². The molecular weight excluding hydrogens is 311 g/mol. The second-order valence-corrected chi connectivity index (χ2v) is 5.18. The first-order chi connectivity index (χ1) is 9.97. The molecule has 0 saturated carbocycles. The lowest BCUT2D eigenvalue weighted by Gasteiger charge is -2.05. The normalized spacial score (nSPS) is 11.3. The first kappa shape index (κ1) is 15.4. The average Bonchev–Trinajstić information content (AvgIpc) is 2.47. The van der Waals surface area contributed by atoms with Crippen LogP contribution in [0.5, 0.6) is 5.75 Å². The number of carbonyl (C=O) groups excluding carboxylic acids is 1. The predicted octanol–water partition coefficient (Wildman–Crippen LogP) is 3.85. The van der Waals surface area contributed by atoms with Gasteiger partial charge in [-0.2, -0.15) is 5.10 Å². The molecule has 108 valence electrons. The minimum atomic E-state index is -0.539. The van der Waals surface area contributed by atoms with E-state index in [1.54, 1.807) is 31.2 Å². The van der Waals surface area contributed by atoms with E-state index in [-0.39, 0.29) is 11.3 Å². The lowest BCUT2D eigenvalue weighted by Crippen LogP contribution is -2.19. The van der Waals surface area contributed by atoms with Crippen LogP contribution in [-0.2, 0) is 0 Å². The van der Waals surface area contributed by atoms with Gasteiger partial charge in [0.05, 0.1) is 11.3 Å². The standard InChI is InChI=1S/C15H12Cl2N2O2/c1-9(10-2-4-11(16)5-3-10)18-19-15(21)13-8-12(17)6-7-14(13)20/h2-8,20H,1H3,(H,19,21). The maximum atomic E-state index is 11.9. The summed E-state index contributed by atoms with van der Waals surface area (Å²) in [5.74, 6) is -0.695. The molecule has 0 aromatic heterocycles. The first-order valence-corrected chi connectivity index (χ1v) is 6.82. The summed E-state index contributed by atoms with van der Waals surface area (Å²) in [7, 11) is 0. The van der Waals surface area contributed by atoms with Crippen LogP contribution in [-0.4, -0.2) is 16.7 Å². The fourth-order valence-electron chi connectivity index (χ4n) is 1.64. The highest BCUT2D eigenvalue weighted by Crippen LogP contribution is 2.21.